The number of halogens is 2. The molecular formula is C13H15ClIN3. The molecular weight excluding hydrogens is 361 g/mol. The lowest BCUT2D eigenvalue weighted by molar-refractivity contribution is 0.585. The summed E-state index contributed by atoms with van der Waals surface area (Å²) in [6.07, 6.45) is 0. The molecule has 5 heteroatoms. The number of benzene rings is 1. The Balaban J connectivity index is 0.00000120. The molecule has 0 atom stereocenters. The van der Waals surface area contributed by atoms with E-state index in [9.17, 15) is 0 Å². The van der Waals surface area contributed by atoms with Crippen molar-refractivity contribution in [3.63, 3.8) is 0 Å². The number of piperazine rings is 1. The number of pyridine rings is 1. The van der Waals surface area contributed by atoms with Crippen molar-refractivity contribution in [1.29, 1.82) is 0 Å². The number of para-hydroxylation sites is 1. The molecule has 2 aromatic rings. The second-order valence-electron chi connectivity index (χ2n) is 4.22. The van der Waals surface area contributed by atoms with Crippen molar-refractivity contribution in [1.82, 2.24) is 10.3 Å². The van der Waals surface area contributed by atoms with Crippen molar-refractivity contribution in [2.75, 3.05) is 31.1 Å². The van der Waals surface area contributed by atoms with Gasteiger partial charge in [0.05, 0.1) is 9.09 Å². The fourth-order valence-electron chi connectivity index (χ4n) is 2.18. The zero-order valence-electron chi connectivity index (χ0n) is 9.90. The molecule has 2 heterocycles. The van der Waals surface area contributed by atoms with Crippen molar-refractivity contribution in [3.8, 4) is 0 Å². The minimum atomic E-state index is 0. The van der Waals surface area contributed by atoms with Gasteiger partial charge in [0.1, 0.15) is 5.82 Å². The Morgan fingerprint density at radius 1 is 1.17 bits per heavy atom. The fraction of sp³-hybridized carbons (Fsp3) is 0.308. The van der Waals surface area contributed by atoms with Gasteiger partial charge in [0, 0.05) is 31.6 Å². The monoisotopic (exact) mass is 375 g/mol. The molecule has 1 aliphatic rings. The van der Waals surface area contributed by atoms with E-state index in [4.69, 9.17) is 4.98 Å². The van der Waals surface area contributed by atoms with Gasteiger partial charge in [0.25, 0.3) is 0 Å². The van der Waals surface area contributed by atoms with Gasteiger partial charge in [-0.1, -0.05) is 18.2 Å². The van der Waals surface area contributed by atoms with Gasteiger partial charge in [-0.25, -0.2) is 4.98 Å². The molecule has 96 valence electrons. The number of anilines is 1. The van der Waals surface area contributed by atoms with Crippen molar-refractivity contribution in [2.45, 2.75) is 0 Å². The molecule has 3 nitrogen and oxygen atoms in total. The van der Waals surface area contributed by atoms with E-state index >= 15 is 0 Å². The molecule has 1 aliphatic heterocycles. The number of hydrogen-bond acceptors (Lipinski definition) is 3. The van der Waals surface area contributed by atoms with E-state index in [2.05, 4.69) is 57.1 Å². The summed E-state index contributed by atoms with van der Waals surface area (Å²) >= 11 is 2.39. The van der Waals surface area contributed by atoms with Crippen LogP contribution in [-0.2, 0) is 0 Å². The fourth-order valence-corrected chi connectivity index (χ4v) is 2.98. The van der Waals surface area contributed by atoms with E-state index in [-0.39, 0.29) is 12.4 Å². The molecule has 0 unspecified atom stereocenters. The first kappa shape index (κ1) is 13.8. The van der Waals surface area contributed by atoms with Crippen molar-refractivity contribution in [2.24, 2.45) is 0 Å². The predicted octanol–water partition coefficient (Wildman–Crippen LogP) is 2.67. The van der Waals surface area contributed by atoms with Crippen LogP contribution in [0.5, 0.6) is 0 Å². The van der Waals surface area contributed by atoms with Gasteiger partial charge < -0.3 is 10.2 Å². The van der Waals surface area contributed by atoms with Crippen LogP contribution in [0.15, 0.2) is 30.3 Å². The third-order valence-corrected chi connectivity index (χ3v) is 3.87. The van der Waals surface area contributed by atoms with Gasteiger partial charge in [-0.05, 0) is 34.7 Å². The van der Waals surface area contributed by atoms with Crippen LogP contribution in [0.1, 0.15) is 0 Å². The SMILES string of the molecule is Cl.Ic1cc2ccccc2nc1N1CCNCC1. The van der Waals surface area contributed by atoms with Gasteiger partial charge in [0.2, 0.25) is 0 Å². The second-order valence-corrected chi connectivity index (χ2v) is 5.39. The number of hydrogen-bond donors (Lipinski definition) is 1. The van der Waals surface area contributed by atoms with Gasteiger partial charge >= 0.3 is 0 Å². The Labute approximate surface area is 127 Å². The summed E-state index contributed by atoms with van der Waals surface area (Å²) in [5.74, 6) is 1.13. The second kappa shape index (κ2) is 6.04. The summed E-state index contributed by atoms with van der Waals surface area (Å²) in [6.45, 7) is 4.18. The Morgan fingerprint density at radius 2 is 1.89 bits per heavy atom. The molecule has 18 heavy (non-hydrogen) atoms. The first-order valence-corrected chi connectivity index (χ1v) is 6.93. The smallest absolute Gasteiger partial charge is 0.142 e. The lowest BCUT2D eigenvalue weighted by Gasteiger charge is -2.29. The van der Waals surface area contributed by atoms with Gasteiger partial charge in [0.15, 0.2) is 0 Å². The molecule has 1 fully saturated rings. The molecule has 0 radical (unpaired) electrons. The standard InChI is InChI=1S/C13H14IN3.ClH/c14-11-9-10-3-1-2-4-12(10)16-13(11)17-7-5-15-6-8-17;/h1-4,9,15H,5-8H2;1H. The van der Waals surface area contributed by atoms with Gasteiger partial charge in [-0.2, -0.15) is 0 Å². The zero-order chi connectivity index (χ0) is 11.7. The molecule has 3 rings (SSSR count). The summed E-state index contributed by atoms with van der Waals surface area (Å²) in [6, 6.07) is 10.5. The van der Waals surface area contributed by atoms with E-state index in [0.29, 0.717) is 0 Å². The number of aromatic nitrogens is 1. The maximum Gasteiger partial charge on any atom is 0.142 e. The van der Waals surface area contributed by atoms with Crippen molar-refractivity contribution in [3.05, 3.63) is 33.9 Å². The van der Waals surface area contributed by atoms with Crippen LogP contribution in [0.25, 0.3) is 10.9 Å². The van der Waals surface area contributed by atoms with Gasteiger partial charge in [-0.15, -0.1) is 12.4 Å². The normalized spacial score (nSPS) is 15.5. The summed E-state index contributed by atoms with van der Waals surface area (Å²) in [5.41, 5.74) is 1.08. The van der Waals surface area contributed by atoms with E-state index in [1.807, 2.05) is 6.07 Å². The summed E-state index contributed by atoms with van der Waals surface area (Å²) < 4.78 is 1.24. The highest BCUT2D eigenvalue weighted by atomic mass is 127. The van der Waals surface area contributed by atoms with Crippen LogP contribution in [0, 0.1) is 3.57 Å². The van der Waals surface area contributed by atoms with Crippen LogP contribution in [0.2, 0.25) is 0 Å². The molecule has 0 saturated carbocycles. The Hall–Kier alpha value is -0.590. The largest absolute Gasteiger partial charge is 0.353 e. The first-order chi connectivity index (χ1) is 8.34. The molecule has 0 spiro atoms. The van der Waals surface area contributed by atoms with Crippen molar-refractivity contribution >= 4 is 51.7 Å². The van der Waals surface area contributed by atoms with E-state index in [1.54, 1.807) is 0 Å². The Morgan fingerprint density at radius 3 is 2.67 bits per heavy atom. The Bertz CT molecular complexity index is 541. The minimum absolute atomic E-state index is 0. The summed E-state index contributed by atoms with van der Waals surface area (Å²) in [7, 11) is 0. The minimum Gasteiger partial charge on any atom is -0.353 e. The molecule has 1 aromatic heterocycles. The lowest BCUT2D eigenvalue weighted by Crippen LogP contribution is -2.44. The molecule has 1 aromatic carbocycles. The third-order valence-electron chi connectivity index (χ3n) is 3.08. The van der Waals surface area contributed by atoms with Crippen LogP contribution < -0.4 is 10.2 Å². The molecule has 1 N–H and O–H groups in total. The van der Waals surface area contributed by atoms with Crippen LogP contribution >= 0.6 is 35.0 Å². The first-order valence-electron chi connectivity index (χ1n) is 5.85. The average molecular weight is 376 g/mol. The highest BCUT2D eigenvalue weighted by Crippen LogP contribution is 2.25. The van der Waals surface area contributed by atoms with E-state index in [0.717, 1.165) is 37.5 Å². The number of nitrogens with zero attached hydrogens (tertiary/aromatic N) is 2. The zero-order valence-corrected chi connectivity index (χ0v) is 12.9. The number of nitrogens with one attached hydrogen (secondary N) is 1. The number of rotatable bonds is 1. The average Bonchev–Trinajstić information content (AvgIpc) is 2.39. The highest BCUT2D eigenvalue weighted by molar-refractivity contribution is 14.1. The van der Waals surface area contributed by atoms with Crippen LogP contribution in [-0.4, -0.2) is 31.2 Å². The molecule has 0 amide bonds. The lowest BCUT2D eigenvalue weighted by atomic mass is 10.2. The van der Waals surface area contributed by atoms with Gasteiger partial charge in [-0.3, -0.25) is 0 Å². The maximum absolute atomic E-state index is 4.79. The topological polar surface area (TPSA) is 28.2 Å². The number of fused-ring (bicyclic) bond motifs is 1. The quantitative estimate of drug-likeness (QED) is 0.777. The molecule has 0 bridgehead atoms. The Kier molecular flexibility index (Phi) is 4.64. The summed E-state index contributed by atoms with van der Waals surface area (Å²) in [5, 5.41) is 4.59. The van der Waals surface area contributed by atoms with E-state index in [1.165, 1.54) is 8.96 Å². The van der Waals surface area contributed by atoms with Crippen LogP contribution in [0.4, 0.5) is 5.82 Å². The molecule has 1 saturated heterocycles. The predicted molar refractivity (Wildman–Crippen MR) is 86.8 cm³/mol. The van der Waals surface area contributed by atoms with E-state index < -0.39 is 0 Å². The molecule has 0 aliphatic carbocycles. The van der Waals surface area contributed by atoms with Crippen molar-refractivity contribution < 1.29 is 0 Å². The summed E-state index contributed by atoms with van der Waals surface area (Å²) in [4.78, 5) is 7.15. The maximum atomic E-state index is 4.79. The third kappa shape index (κ3) is 2.70. The van der Waals surface area contributed by atoms with Crippen LogP contribution in [0.3, 0.4) is 0 Å². The highest BCUT2D eigenvalue weighted by Gasteiger charge is 2.15.